The second-order valence-electron chi connectivity index (χ2n) is 4.29. The van der Waals surface area contributed by atoms with Gasteiger partial charge in [-0.25, -0.2) is 0 Å². The molecule has 0 radical (unpaired) electrons. The number of nitrogens with two attached hydrogens (primary N) is 1. The lowest BCUT2D eigenvalue weighted by atomic mass is 10.0. The Hall–Kier alpha value is -0.780. The summed E-state index contributed by atoms with van der Waals surface area (Å²) in [6.07, 6.45) is -2.47. The maximum absolute atomic E-state index is 12.2. The average molecular weight is 238 g/mol. The van der Waals surface area contributed by atoms with Crippen LogP contribution in [0.5, 0.6) is 0 Å². The smallest absolute Gasteiger partial charge is 0.332 e. The first kappa shape index (κ1) is 13.3. The van der Waals surface area contributed by atoms with Gasteiger partial charge in [-0.1, -0.05) is 6.92 Å². The van der Waals surface area contributed by atoms with Crippen molar-refractivity contribution in [3.05, 3.63) is 0 Å². The quantitative estimate of drug-likeness (QED) is 0.786. The van der Waals surface area contributed by atoms with Gasteiger partial charge in [-0.15, -0.1) is 0 Å². The summed E-state index contributed by atoms with van der Waals surface area (Å²) in [5.41, 5.74) is 5.22. The van der Waals surface area contributed by atoms with Crippen molar-refractivity contribution in [2.24, 2.45) is 17.6 Å². The third-order valence-corrected chi connectivity index (χ3v) is 2.80. The van der Waals surface area contributed by atoms with Crippen molar-refractivity contribution in [2.45, 2.75) is 25.9 Å². The summed E-state index contributed by atoms with van der Waals surface area (Å²) in [6.45, 7) is 0.522. The predicted octanol–water partition coefficient (Wildman–Crippen LogP) is 1.38. The van der Waals surface area contributed by atoms with Gasteiger partial charge in [0.25, 0.3) is 0 Å². The van der Waals surface area contributed by atoms with Crippen LogP contribution < -0.4 is 5.73 Å². The van der Waals surface area contributed by atoms with Crippen molar-refractivity contribution in [1.29, 1.82) is 0 Å². The molecule has 1 atom stereocenters. The number of amides is 1. The number of carbonyl (C=O) groups excluding carboxylic acids is 1. The van der Waals surface area contributed by atoms with Crippen molar-refractivity contribution in [2.75, 3.05) is 19.6 Å². The molecule has 3 nitrogen and oxygen atoms in total. The SMILES string of the molecule is CC(C(=O)N(CCN)CC(F)(F)F)C1CC1. The minimum atomic E-state index is -4.35. The van der Waals surface area contributed by atoms with Gasteiger partial charge in [0.15, 0.2) is 0 Å². The Morgan fingerprint density at radius 3 is 2.44 bits per heavy atom. The Morgan fingerprint density at radius 2 is 2.06 bits per heavy atom. The molecule has 0 saturated heterocycles. The Bertz CT molecular complexity index is 251. The monoisotopic (exact) mass is 238 g/mol. The van der Waals surface area contributed by atoms with Gasteiger partial charge >= 0.3 is 6.18 Å². The summed E-state index contributed by atoms with van der Waals surface area (Å²) in [4.78, 5) is 12.6. The van der Waals surface area contributed by atoms with Crippen LogP contribution in [-0.2, 0) is 4.79 Å². The normalized spacial score (nSPS) is 18.3. The molecule has 0 aromatic rings. The van der Waals surface area contributed by atoms with Crippen molar-refractivity contribution in [1.82, 2.24) is 4.90 Å². The number of hydrogen-bond donors (Lipinski definition) is 1. The molecule has 1 aliphatic rings. The topological polar surface area (TPSA) is 46.3 Å². The van der Waals surface area contributed by atoms with Gasteiger partial charge in [0.2, 0.25) is 5.91 Å². The van der Waals surface area contributed by atoms with Gasteiger partial charge < -0.3 is 10.6 Å². The standard InChI is InChI=1S/C10H17F3N2O/c1-7(8-2-3-8)9(16)15(5-4-14)6-10(11,12)13/h7-8H,2-6,14H2,1H3. The molecule has 1 saturated carbocycles. The van der Waals surface area contributed by atoms with Gasteiger partial charge in [-0.2, -0.15) is 13.2 Å². The third kappa shape index (κ3) is 4.00. The van der Waals surface area contributed by atoms with E-state index in [1.54, 1.807) is 6.92 Å². The van der Waals surface area contributed by atoms with E-state index < -0.39 is 18.6 Å². The van der Waals surface area contributed by atoms with Crippen LogP contribution in [0.4, 0.5) is 13.2 Å². The highest BCUT2D eigenvalue weighted by atomic mass is 19.4. The Labute approximate surface area is 92.8 Å². The highest BCUT2D eigenvalue weighted by molar-refractivity contribution is 5.79. The van der Waals surface area contributed by atoms with Crippen LogP contribution in [-0.4, -0.2) is 36.6 Å². The molecular weight excluding hydrogens is 221 g/mol. The van der Waals surface area contributed by atoms with E-state index in [-0.39, 0.29) is 24.9 Å². The fourth-order valence-electron chi connectivity index (χ4n) is 1.73. The molecule has 1 aliphatic carbocycles. The fourth-order valence-corrected chi connectivity index (χ4v) is 1.73. The summed E-state index contributed by atoms with van der Waals surface area (Å²) in [5, 5.41) is 0. The summed E-state index contributed by atoms with van der Waals surface area (Å²) in [7, 11) is 0. The van der Waals surface area contributed by atoms with Gasteiger partial charge in [-0.05, 0) is 18.8 Å². The van der Waals surface area contributed by atoms with Crippen LogP contribution in [0.3, 0.4) is 0 Å². The van der Waals surface area contributed by atoms with E-state index >= 15 is 0 Å². The largest absolute Gasteiger partial charge is 0.406 e. The molecule has 1 unspecified atom stereocenters. The zero-order valence-electron chi connectivity index (χ0n) is 9.26. The predicted molar refractivity (Wildman–Crippen MR) is 53.6 cm³/mol. The zero-order chi connectivity index (χ0) is 12.3. The van der Waals surface area contributed by atoms with E-state index in [0.29, 0.717) is 0 Å². The Balaban J connectivity index is 2.57. The lowest BCUT2D eigenvalue weighted by Gasteiger charge is -2.26. The second kappa shape index (κ2) is 5.03. The van der Waals surface area contributed by atoms with Gasteiger partial charge in [0.1, 0.15) is 6.54 Å². The maximum atomic E-state index is 12.2. The molecule has 0 bridgehead atoms. The highest BCUT2D eigenvalue weighted by Gasteiger charge is 2.38. The van der Waals surface area contributed by atoms with Crippen molar-refractivity contribution < 1.29 is 18.0 Å². The van der Waals surface area contributed by atoms with Crippen molar-refractivity contribution in [3.63, 3.8) is 0 Å². The molecule has 1 amide bonds. The number of alkyl halides is 3. The molecule has 6 heteroatoms. The van der Waals surface area contributed by atoms with E-state index in [0.717, 1.165) is 17.7 Å². The molecule has 0 aromatic carbocycles. The molecule has 1 fully saturated rings. The number of carbonyl (C=O) groups is 1. The highest BCUT2D eigenvalue weighted by Crippen LogP contribution is 2.37. The number of hydrogen-bond acceptors (Lipinski definition) is 2. The Morgan fingerprint density at radius 1 is 1.50 bits per heavy atom. The summed E-state index contributed by atoms with van der Waals surface area (Å²) >= 11 is 0. The first-order chi connectivity index (χ1) is 7.35. The maximum Gasteiger partial charge on any atom is 0.406 e. The van der Waals surface area contributed by atoms with E-state index in [9.17, 15) is 18.0 Å². The van der Waals surface area contributed by atoms with Crippen LogP contribution in [0.25, 0.3) is 0 Å². The minimum Gasteiger partial charge on any atom is -0.332 e. The van der Waals surface area contributed by atoms with Crippen LogP contribution in [0, 0.1) is 11.8 Å². The van der Waals surface area contributed by atoms with E-state index in [2.05, 4.69) is 0 Å². The number of nitrogens with zero attached hydrogens (tertiary/aromatic N) is 1. The van der Waals surface area contributed by atoms with Crippen LogP contribution in [0.1, 0.15) is 19.8 Å². The minimum absolute atomic E-state index is 0.0323. The number of rotatable bonds is 5. The molecule has 0 aliphatic heterocycles. The van der Waals surface area contributed by atoms with E-state index in [1.165, 1.54) is 0 Å². The van der Waals surface area contributed by atoms with Crippen LogP contribution >= 0.6 is 0 Å². The van der Waals surface area contributed by atoms with Crippen LogP contribution in [0.2, 0.25) is 0 Å². The van der Waals surface area contributed by atoms with Crippen molar-refractivity contribution >= 4 is 5.91 Å². The van der Waals surface area contributed by atoms with E-state index in [4.69, 9.17) is 5.73 Å². The number of halogens is 3. The Kier molecular flexibility index (Phi) is 4.18. The summed E-state index contributed by atoms with van der Waals surface area (Å²) < 4.78 is 36.7. The van der Waals surface area contributed by atoms with Gasteiger partial charge in [0.05, 0.1) is 0 Å². The van der Waals surface area contributed by atoms with Gasteiger partial charge in [0, 0.05) is 19.0 Å². The molecular formula is C10H17F3N2O. The van der Waals surface area contributed by atoms with Gasteiger partial charge in [-0.3, -0.25) is 4.79 Å². The third-order valence-electron chi connectivity index (χ3n) is 2.80. The first-order valence-corrected chi connectivity index (χ1v) is 5.40. The molecule has 0 spiro atoms. The fraction of sp³-hybridized carbons (Fsp3) is 0.900. The summed E-state index contributed by atoms with van der Waals surface area (Å²) in [5.74, 6) is -0.472. The molecule has 0 aromatic heterocycles. The second-order valence-corrected chi connectivity index (χ2v) is 4.29. The molecule has 1 rings (SSSR count). The molecule has 0 heterocycles. The summed E-state index contributed by atoms with van der Waals surface area (Å²) in [6, 6.07) is 0. The zero-order valence-corrected chi connectivity index (χ0v) is 9.26. The molecule has 16 heavy (non-hydrogen) atoms. The van der Waals surface area contributed by atoms with Crippen LogP contribution in [0.15, 0.2) is 0 Å². The molecule has 94 valence electrons. The first-order valence-electron chi connectivity index (χ1n) is 5.40. The van der Waals surface area contributed by atoms with E-state index in [1.807, 2.05) is 0 Å². The average Bonchev–Trinajstić information content (AvgIpc) is 2.96. The lowest BCUT2D eigenvalue weighted by molar-refractivity contribution is -0.163. The lowest BCUT2D eigenvalue weighted by Crippen LogP contribution is -2.44. The molecule has 2 N–H and O–H groups in total. The van der Waals surface area contributed by atoms with Crippen molar-refractivity contribution in [3.8, 4) is 0 Å².